The summed E-state index contributed by atoms with van der Waals surface area (Å²) >= 11 is 0. The number of hydrogen-bond donors (Lipinski definition) is 1. The number of imidazole rings is 1. The zero-order valence-electron chi connectivity index (χ0n) is 17.5. The smallest absolute Gasteiger partial charge is 0.308 e. The van der Waals surface area contributed by atoms with Crippen molar-refractivity contribution in [3.8, 4) is 17.0 Å². The average Bonchev–Trinajstić information content (AvgIpc) is 2.91. The van der Waals surface area contributed by atoms with Crippen molar-refractivity contribution in [2.75, 3.05) is 5.32 Å². The highest BCUT2D eigenvalue weighted by atomic mass is 16.5. The SMILES string of the molecule is CC(=O)Oc1ccc(-c2nc3ccccn3c2NC(C)(C)CC(C)(C)C)cc1. The standard InChI is InChI=1S/C23H29N3O2/c1-16(27)28-18-12-10-17(11-13-18)20-21(25-23(5,6)15-22(2,3)4)26-14-8-7-9-19(26)24-20/h7-14,25H,15H2,1-6H3. The fraction of sp³-hybridized carbons (Fsp3) is 0.391. The molecule has 0 bridgehead atoms. The maximum absolute atomic E-state index is 11.2. The van der Waals surface area contributed by atoms with Crippen LogP contribution in [0, 0.1) is 5.41 Å². The molecule has 148 valence electrons. The summed E-state index contributed by atoms with van der Waals surface area (Å²) in [6.45, 7) is 12.6. The van der Waals surface area contributed by atoms with Gasteiger partial charge in [0.2, 0.25) is 0 Å². The molecule has 1 N–H and O–H groups in total. The monoisotopic (exact) mass is 379 g/mol. The quantitative estimate of drug-likeness (QED) is 0.466. The predicted octanol–water partition coefficient (Wildman–Crippen LogP) is 5.55. The van der Waals surface area contributed by atoms with Gasteiger partial charge in [-0.15, -0.1) is 0 Å². The third kappa shape index (κ3) is 4.71. The van der Waals surface area contributed by atoms with E-state index in [4.69, 9.17) is 9.72 Å². The highest BCUT2D eigenvalue weighted by Crippen LogP contribution is 2.35. The molecule has 2 aromatic heterocycles. The Labute approximate surface area is 166 Å². The Morgan fingerprint density at radius 3 is 2.36 bits per heavy atom. The van der Waals surface area contributed by atoms with Gasteiger partial charge in [0.1, 0.15) is 22.9 Å². The van der Waals surface area contributed by atoms with E-state index in [-0.39, 0.29) is 16.9 Å². The van der Waals surface area contributed by atoms with Gasteiger partial charge in [0.25, 0.3) is 0 Å². The highest BCUT2D eigenvalue weighted by Gasteiger charge is 2.28. The molecule has 28 heavy (non-hydrogen) atoms. The largest absolute Gasteiger partial charge is 0.427 e. The number of esters is 1. The molecular weight excluding hydrogens is 350 g/mol. The van der Waals surface area contributed by atoms with Crippen molar-refractivity contribution in [1.82, 2.24) is 9.38 Å². The Morgan fingerprint density at radius 1 is 1.07 bits per heavy atom. The van der Waals surface area contributed by atoms with Crippen LogP contribution in [0.3, 0.4) is 0 Å². The third-order valence-corrected chi connectivity index (χ3v) is 4.35. The molecule has 3 rings (SSSR count). The van der Waals surface area contributed by atoms with E-state index in [1.807, 2.05) is 36.5 Å². The summed E-state index contributed by atoms with van der Waals surface area (Å²) in [5, 5.41) is 3.73. The van der Waals surface area contributed by atoms with E-state index in [9.17, 15) is 4.79 Å². The van der Waals surface area contributed by atoms with Crippen molar-refractivity contribution < 1.29 is 9.53 Å². The first-order valence-electron chi connectivity index (χ1n) is 9.58. The maximum Gasteiger partial charge on any atom is 0.308 e. The molecule has 2 heterocycles. The molecule has 0 radical (unpaired) electrons. The van der Waals surface area contributed by atoms with Crippen LogP contribution in [0.1, 0.15) is 48.0 Å². The molecular formula is C23H29N3O2. The Bertz CT molecular complexity index is 979. The van der Waals surface area contributed by atoms with Crippen molar-refractivity contribution in [1.29, 1.82) is 0 Å². The minimum atomic E-state index is -0.327. The van der Waals surface area contributed by atoms with Gasteiger partial charge >= 0.3 is 5.97 Å². The van der Waals surface area contributed by atoms with Crippen LogP contribution in [0.25, 0.3) is 16.9 Å². The molecule has 5 nitrogen and oxygen atoms in total. The normalized spacial score (nSPS) is 12.2. The zero-order chi connectivity index (χ0) is 20.5. The summed E-state index contributed by atoms with van der Waals surface area (Å²) in [6.07, 6.45) is 3.03. The van der Waals surface area contributed by atoms with Gasteiger partial charge in [0, 0.05) is 24.2 Å². The topological polar surface area (TPSA) is 55.6 Å². The van der Waals surface area contributed by atoms with Gasteiger partial charge in [-0.25, -0.2) is 4.98 Å². The number of ether oxygens (including phenoxy) is 1. The van der Waals surface area contributed by atoms with Crippen LogP contribution in [0.2, 0.25) is 0 Å². The predicted molar refractivity (Wildman–Crippen MR) is 114 cm³/mol. The van der Waals surface area contributed by atoms with Crippen LogP contribution in [0.15, 0.2) is 48.7 Å². The van der Waals surface area contributed by atoms with Gasteiger partial charge < -0.3 is 10.1 Å². The number of nitrogens with zero attached hydrogens (tertiary/aromatic N) is 2. The summed E-state index contributed by atoms with van der Waals surface area (Å²) in [6, 6.07) is 13.4. The second-order valence-electron chi connectivity index (χ2n) is 9.10. The van der Waals surface area contributed by atoms with Gasteiger partial charge in [-0.05, 0) is 62.1 Å². The van der Waals surface area contributed by atoms with Crippen molar-refractivity contribution >= 4 is 17.4 Å². The lowest BCUT2D eigenvalue weighted by Crippen LogP contribution is -2.36. The number of rotatable bonds is 5. The first-order chi connectivity index (χ1) is 13.0. The summed E-state index contributed by atoms with van der Waals surface area (Å²) in [5.41, 5.74) is 2.81. The van der Waals surface area contributed by atoms with Crippen LogP contribution < -0.4 is 10.1 Å². The number of fused-ring (bicyclic) bond motifs is 1. The van der Waals surface area contributed by atoms with E-state index in [1.54, 1.807) is 12.1 Å². The molecule has 0 aliphatic heterocycles. The number of carbonyl (C=O) groups excluding carboxylic acids is 1. The molecule has 0 aliphatic carbocycles. The van der Waals surface area contributed by atoms with Crippen molar-refractivity contribution in [3.05, 3.63) is 48.7 Å². The number of carbonyl (C=O) groups is 1. The van der Waals surface area contributed by atoms with Gasteiger partial charge in [-0.2, -0.15) is 0 Å². The number of anilines is 1. The molecule has 0 saturated heterocycles. The maximum atomic E-state index is 11.2. The highest BCUT2D eigenvalue weighted by molar-refractivity contribution is 5.77. The van der Waals surface area contributed by atoms with Gasteiger partial charge in [0.15, 0.2) is 0 Å². The fourth-order valence-corrected chi connectivity index (χ4v) is 3.85. The number of pyridine rings is 1. The number of hydrogen-bond acceptors (Lipinski definition) is 4. The summed E-state index contributed by atoms with van der Waals surface area (Å²) in [4.78, 5) is 16.0. The fourth-order valence-electron chi connectivity index (χ4n) is 3.85. The lowest BCUT2D eigenvalue weighted by Gasteiger charge is -2.34. The molecule has 0 saturated carbocycles. The molecule has 0 aliphatic rings. The summed E-state index contributed by atoms with van der Waals surface area (Å²) in [5.74, 6) is 1.17. The lowest BCUT2D eigenvalue weighted by atomic mass is 9.82. The van der Waals surface area contributed by atoms with E-state index in [2.05, 4.69) is 44.3 Å². The molecule has 0 unspecified atom stereocenters. The van der Waals surface area contributed by atoms with E-state index in [0.29, 0.717) is 5.75 Å². The van der Waals surface area contributed by atoms with Crippen molar-refractivity contribution in [2.24, 2.45) is 5.41 Å². The molecule has 0 amide bonds. The van der Waals surface area contributed by atoms with Crippen molar-refractivity contribution in [2.45, 2.75) is 53.5 Å². The first-order valence-corrected chi connectivity index (χ1v) is 9.58. The molecule has 0 fully saturated rings. The van der Waals surface area contributed by atoms with Crippen molar-refractivity contribution in [3.63, 3.8) is 0 Å². The molecule has 5 heteroatoms. The Kier molecular flexibility index (Phi) is 5.20. The molecule has 0 atom stereocenters. The lowest BCUT2D eigenvalue weighted by molar-refractivity contribution is -0.131. The van der Waals surface area contributed by atoms with E-state index in [0.717, 1.165) is 29.1 Å². The van der Waals surface area contributed by atoms with Gasteiger partial charge in [-0.3, -0.25) is 9.20 Å². The molecule has 3 aromatic rings. The van der Waals surface area contributed by atoms with Gasteiger partial charge in [-0.1, -0.05) is 26.8 Å². The Balaban J connectivity index is 2.03. The Morgan fingerprint density at radius 2 is 1.75 bits per heavy atom. The Hall–Kier alpha value is -2.82. The number of nitrogens with one attached hydrogen (secondary N) is 1. The van der Waals surface area contributed by atoms with E-state index < -0.39 is 0 Å². The number of aromatic nitrogens is 2. The summed E-state index contributed by atoms with van der Waals surface area (Å²) in [7, 11) is 0. The van der Waals surface area contributed by atoms with E-state index in [1.165, 1.54) is 6.92 Å². The van der Waals surface area contributed by atoms with E-state index >= 15 is 0 Å². The first kappa shape index (κ1) is 19.9. The van der Waals surface area contributed by atoms with Crippen LogP contribution >= 0.6 is 0 Å². The average molecular weight is 380 g/mol. The van der Waals surface area contributed by atoms with Crippen LogP contribution in [0.5, 0.6) is 5.75 Å². The second-order valence-corrected chi connectivity index (χ2v) is 9.10. The van der Waals surface area contributed by atoms with Gasteiger partial charge in [0.05, 0.1) is 0 Å². The zero-order valence-corrected chi connectivity index (χ0v) is 17.5. The minimum Gasteiger partial charge on any atom is -0.427 e. The number of benzene rings is 1. The van der Waals surface area contributed by atoms with Crippen LogP contribution in [-0.2, 0) is 4.79 Å². The molecule has 1 aromatic carbocycles. The molecule has 0 spiro atoms. The summed E-state index contributed by atoms with van der Waals surface area (Å²) < 4.78 is 7.23. The van der Waals surface area contributed by atoms with Crippen LogP contribution in [0.4, 0.5) is 5.82 Å². The van der Waals surface area contributed by atoms with Crippen LogP contribution in [-0.4, -0.2) is 20.9 Å². The second kappa shape index (κ2) is 7.30. The minimum absolute atomic E-state index is 0.115. The third-order valence-electron chi connectivity index (χ3n) is 4.35.